The number of fused-ring (bicyclic) bond motifs is 3. The van der Waals surface area contributed by atoms with Crippen LogP contribution in [-0.2, 0) is 0 Å². The van der Waals surface area contributed by atoms with Crippen LogP contribution in [0, 0.1) is 11.3 Å². The Hall–Kier alpha value is -2.22. The number of aromatic nitrogens is 1. The van der Waals surface area contributed by atoms with E-state index in [-0.39, 0.29) is 0 Å². The second-order valence-electron chi connectivity index (χ2n) is 4.79. The molecule has 2 aromatic carbocycles. The van der Waals surface area contributed by atoms with Gasteiger partial charge in [-0.1, -0.05) is 17.7 Å². The third kappa shape index (κ3) is 2.63. The van der Waals surface area contributed by atoms with Crippen LogP contribution in [0.3, 0.4) is 0 Å². The highest BCUT2D eigenvalue weighted by atomic mass is 35.5. The molecule has 4 nitrogen and oxygen atoms in total. The number of benzene rings is 2. The Labute approximate surface area is 143 Å². The molecule has 23 heavy (non-hydrogen) atoms. The van der Waals surface area contributed by atoms with Crippen molar-refractivity contribution in [3.63, 3.8) is 0 Å². The quantitative estimate of drug-likeness (QED) is 0.514. The number of hydrogen-bond donors (Lipinski definition) is 0. The first-order chi connectivity index (χ1) is 11.2. The molecule has 6 heteroatoms. The molecule has 0 bridgehead atoms. The van der Waals surface area contributed by atoms with Gasteiger partial charge in [-0.05, 0) is 18.2 Å². The average Bonchev–Trinajstić information content (AvgIpc) is 2.59. The predicted molar refractivity (Wildman–Crippen MR) is 91.7 cm³/mol. The Bertz CT molecular complexity index is 935. The normalized spacial score (nSPS) is 10.7. The first-order valence-corrected chi connectivity index (χ1v) is 7.79. The number of rotatable bonds is 4. The van der Waals surface area contributed by atoms with Crippen LogP contribution in [0.4, 0.5) is 0 Å². The summed E-state index contributed by atoms with van der Waals surface area (Å²) < 4.78 is 11.1. The first-order valence-electron chi connectivity index (χ1n) is 6.88. The van der Waals surface area contributed by atoms with Gasteiger partial charge in [0, 0.05) is 22.4 Å². The van der Waals surface area contributed by atoms with E-state index in [1.165, 1.54) is 6.20 Å². The molecular weight excluding hydrogens is 335 g/mol. The molecule has 0 saturated heterocycles. The van der Waals surface area contributed by atoms with E-state index in [1.807, 2.05) is 30.3 Å². The standard InChI is InChI=1S/C17H12Cl2N2O2/c1-22-17-12-2-3-13-15(19)10(8-20)9-21-16(13)11(12)4-5-14(17)23-7-6-18/h2-5,9H,6-7H2,1H3. The van der Waals surface area contributed by atoms with Crippen LogP contribution in [0.15, 0.2) is 30.5 Å². The van der Waals surface area contributed by atoms with Crippen LogP contribution >= 0.6 is 23.2 Å². The van der Waals surface area contributed by atoms with Crippen molar-refractivity contribution >= 4 is 44.9 Å². The van der Waals surface area contributed by atoms with Gasteiger partial charge in [-0.3, -0.25) is 4.98 Å². The third-order valence-electron chi connectivity index (χ3n) is 3.54. The molecule has 0 unspecified atom stereocenters. The zero-order valence-electron chi connectivity index (χ0n) is 12.3. The lowest BCUT2D eigenvalue weighted by Crippen LogP contribution is -2.00. The highest BCUT2D eigenvalue weighted by Crippen LogP contribution is 2.39. The summed E-state index contributed by atoms with van der Waals surface area (Å²) in [6.45, 7) is 0.395. The van der Waals surface area contributed by atoms with Crippen molar-refractivity contribution in [1.82, 2.24) is 4.98 Å². The molecule has 0 radical (unpaired) electrons. The molecule has 0 aliphatic carbocycles. The molecule has 0 aliphatic heterocycles. The van der Waals surface area contributed by atoms with Crippen LogP contribution in [0.2, 0.25) is 5.02 Å². The van der Waals surface area contributed by atoms with Gasteiger partial charge >= 0.3 is 0 Å². The molecule has 116 valence electrons. The molecule has 3 aromatic rings. The third-order valence-corrected chi connectivity index (χ3v) is 4.10. The van der Waals surface area contributed by atoms with E-state index < -0.39 is 0 Å². The van der Waals surface area contributed by atoms with Crippen LogP contribution in [0.1, 0.15) is 5.56 Å². The highest BCUT2D eigenvalue weighted by molar-refractivity contribution is 6.37. The molecule has 0 saturated carbocycles. The summed E-state index contributed by atoms with van der Waals surface area (Å²) in [6, 6.07) is 9.48. The summed E-state index contributed by atoms with van der Waals surface area (Å²) in [6.07, 6.45) is 1.48. The number of ether oxygens (including phenoxy) is 2. The maximum absolute atomic E-state index is 9.07. The minimum Gasteiger partial charge on any atom is -0.492 e. The Morgan fingerprint density at radius 1 is 1.17 bits per heavy atom. The molecule has 1 heterocycles. The fourth-order valence-electron chi connectivity index (χ4n) is 2.54. The number of pyridine rings is 1. The predicted octanol–water partition coefficient (Wildman–Crippen LogP) is 4.54. The molecule has 0 aliphatic rings. The van der Waals surface area contributed by atoms with Crippen LogP contribution in [0.5, 0.6) is 11.5 Å². The molecule has 0 atom stereocenters. The van der Waals surface area contributed by atoms with Gasteiger partial charge in [-0.25, -0.2) is 0 Å². The number of nitriles is 1. The summed E-state index contributed by atoms with van der Waals surface area (Å²) in [7, 11) is 1.59. The van der Waals surface area contributed by atoms with Crippen molar-refractivity contribution in [2.75, 3.05) is 19.6 Å². The Morgan fingerprint density at radius 2 is 1.91 bits per heavy atom. The topological polar surface area (TPSA) is 55.1 Å². The lowest BCUT2D eigenvalue weighted by atomic mass is 10.0. The number of hydrogen-bond acceptors (Lipinski definition) is 4. The Kier molecular flexibility index (Phi) is 4.42. The van der Waals surface area contributed by atoms with Gasteiger partial charge in [0.25, 0.3) is 0 Å². The number of methoxy groups -OCH3 is 1. The zero-order valence-corrected chi connectivity index (χ0v) is 13.8. The molecule has 0 spiro atoms. The van der Waals surface area contributed by atoms with Crippen molar-refractivity contribution in [2.24, 2.45) is 0 Å². The van der Waals surface area contributed by atoms with Crippen LogP contribution in [-0.4, -0.2) is 24.6 Å². The van der Waals surface area contributed by atoms with Gasteiger partial charge in [-0.2, -0.15) is 5.26 Å². The smallest absolute Gasteiger partial charge is 0.168 e. The lowest BCUT2D eigenvalue weighted by molar-refractivity contribution is 0.315. The van der Waals surface area contributed by atoms with Crippen molar-refractivity contribution in [1.29, 1.82) is 5.26 Å². The molecular formula is C17H12Cl2N2O2. The Balaban J connectivity index is 2.30. The number of nitrogens with zero attached hydrogens (tertiary/aromatic N) is 2. The van der Waals surface area contributed by atoms with Crippen molar-refractivity contribution in [3.8, 4) is 17.6 Å². The van der Waals surface area contributed by atoms with E-state index in [0.29, 0.717) is 40.1 Å². The summed E-state index contributed by atoms with van der Waals surface area (Å²) in [4.78, 5) is 4.38. The molecule has 1 aromatic heterocycles. The summed E-state index contributed by atoms with van der Waals surface area (Å²) >= 11 is 12.0. The fraction of sp³-hybridized carbons (Fsp3) is 0.176. The summed E-state index contributed by atoms with van der Waals surface area (Å²) in [5, 5.41) is 11.9. The Morgan fingerprint density at radius 3 is 2.61 bits per heavy atom. The van der Waals surface area contributed by atoms with Gasteiger partial charge in [-0.15, -0.1) is 11.6 Å². The maximum Gasteiger partial charge on any atom is 0.168 e. The molecule has 0 N–H and O–H groups in total. The van der Waals surface area contributed by atoms with Gasteiger partial charge in [0.1, 0.15) is 12.7 Å². The molecule has 0 fully saturated rings. The van der Waals surface area contributed by atoms with E-state index in [9.17, 15) is 0 Å². The minimum absolute atomic E-state index is 0.354. The monoisotopic (exact) mass is 346 g/mol. The second-order valence-corrected chi connectivity index (χ2v) is 5.54. The van der Waals surface area contributed by atoms with Crippen LogP contribution in [0.25, 0.3) is 21.7 Å². The van der Waals surface area contributed by atoms with Crippen molar-refractivity contribution in [2.45, 2.75) is 0 Å². The van der Waals surface area contributed by atoms with Crippen LogP contribution < -0.4 is 9.47 Å². The number of alkyl halides is 1. The SMILES string of the molecule is COc1c(OCCCl)ccc2c1ccc1c(Cl)c(C#N)cnc12. The van der Waals surface area contributed by atoms with E-state index in [0.717, 1.165) is 16.2 Å². The second kappa shape index (κ2) is 6.49. The minimum atomic E-state index is 0.354. The van der Waals surface area contributed by atoms with Gasteiger partial charge < -0.3 is 9.47 Å². The van der Waals surface area contributed by atoms with E-state index in [4.69, 9.17) is 37.9 Å². The van der Waals surface area contributed by atoms with E-state index in [1.54, 1.807) is 7.11 Å². The van der Waals surface area contributed by atoms with Gasteiger partial charge in [0.05, 0.1) is 29.1 Å². The first kappa shape index (κ1) is 15.7. The average molecular weight is 347 g/mol. The van der Waals surface area contributed by atoms with Crippen molar-refractivity contribution in [3.05, 3.63) is 41.0 Å². The number of halogens is 2. The van der Waals surface area contributed by atoms with Crippen molar-refractivity contribution < 1.29 is 9.47 Å². The molecule has 3 rings (SSSR count). The summed E-state index contributed by atoms with van der Waals surface area (Å²) in [5.74, 6) is 1.64. The largest absolute Gasteiger partial charge is 0.492 e. The zero-order chi connectivity index (χ0) is 16.4. The summed E-state index contributed by atoms with van der Waals surface area (Å²) in [5.41, 5.74) is 1.07. The van der Waals surface area contributed by atoms with E-state index >= 15 is 0 Å². The van der Waals surface area contributed by atoms with Gasteiger partial charge in [0.2, 0.25) is 0 Å². The highest BCUT2D eigenvalue weighted by Gasteiger charge is 2.14. The van der Waals surface area contributed by atoms with Gasteiger partial charge in [0.15, 0.2) is 11.5 Å². The molecule has 0 amide bonds. The maximum atomic E-state index is 9.07. The fourth-order valence-corrected chi connectivity index (χ4v) is 2.86. The lowest BCUT2D eigenvalue weighted by Gasteiger charge is -2.13. The van der Waals surface area contributed by atoms with E-state index in [2.05, 4.69) is 4.98 Å².